The number of ether oxygens (including phenoxy) is 2. The van der Waals surface area contributed by atoms with Crippen molar-refractivity contribution in [3.05, 3.63) is 23.9 Å². The Labute approximate surface area is 159 Å². The Hall–Kier alpha value is -2.54. The molecule has 1 aromatic carbocycles. The maximum atomic E-state index is 12.5. The first kappa shape index (κ1) is 19.2. The van der Waals surface area contributed by atoms with Crippen molar-refractivity contribution >= 4 is 28.5 Å². The van der Waals surface area contributed by atoms with Crippen LogP contribution in [0.2, 0.25) is 0 Å². The summed E-state index contributed by atoms with van der Waals surface area (Å²) in [4.78, 5) is 30.0. The van der Waals surface area contributed by atoms with Crippen LogP contribution in [0.1, 0.15) is 36.7 Å². The molecule has 0 spiro atoms. The minimum atomic E-state index is -0.523. The van der Waals surface area contributed by atoms with Gasteiger partial charge in [-0.2, -0.15) is 0 Å². The van der Waals surface area contributed by atoms with E-state index in [9.17, 15) is 9.59 Å². The first-order valence-corrected chi connectivity index (χ1v) is 9.32. The topological polar surface area (TPSA) is 83.7 Å². The van der Waals surface area contributed by atoms with Crippen LogP contribution in [-0.2, 0) is 9.53 Å². The minimum absolute atomic E-state index is 0.116. The molecule has 1 aromatic heterocycles. The zero-order chi connectivity index (χ0) is 19.4. The third kappa shape index (κ3) is 4.42. The van der Waals surface area contributed by atoms with Crippen LogP contribution in [0.25, 0.3) is 10.9 Å². The molecule has 1 aliphatic heterocycles. The van der Waals surface area contributed by atoms with Gasteiger partial charge >= 0.3 is 5.97 Å². The van der Waals surface area contributed by atoms with E-state index < -0.39 is 5.97 Å². The molecular weight excluding hydrogens is 346 g/mol. The number of nitrogens with zero attached hydrogens (tertiary/aromatic N) is 1. The van der Waals surface area contributed by atoms with Gasteiger partial charge in [0, 0.05) is 31.0 Å². The molecule has 0 saturated carbocycles. The number of piperidine rings is 1. The molecule has 2 heterocycles. The Morgan fingerprint density at radius 1 is 1.33 bits per heavy atom. The number of H-pyrrole nitrogens is 1. The van der Waals surface area contributed by atoms with Gasteiger partial charge in [-0.1, -0.05) is 6.92 Å². The molecule has 1 unspecified atom stereocenters. The number of esters is 1. The SMILES string of the molecule is COC(=O)c1[nH]c2cc(OC)ccc2c1NC(=O)CCN1CCCC(C)C1. The second-order valence-corrected chi connectivity index (χ2v) is 7.12. The second-order valence-electron chi connectivity index (χ2n) is 7.12. The van der Waals surface area contributed by atoms with Crippen LogP contribution in [0, 0.1) is 5.92 Å². The molecule has 1 amide bonds. The Bertz CT molecular complexity index is 830. The highest BCUT2D eigenvalue weighted by Crippen LogP contribution is 2.31. The Morgan fingerprint density at radius 2 is 2.15 bits per heavy atom. The van der Waals surface area contributed by atoms with E-state index in [1.54, 1.807) is 19.2 Å². The molecule has 2 N–H and O–H groups in total. The van der Waals surface area contributed by atoms with Crippen LogP contribution in [0.4, 0.5) is 5.69 Å². The molecule has 0 aliphatic carbocycles. The Balaban J connectivity index is 1.75. The minimum Gasteiger partial charge on any atom is -0.497 e. The highest BCUT2D eigenvalue weighted by molar-refractivity contribution is 6.11. The molecule has 1 atom stereocenters. The summed E-state index contributed by atoms with van der Waals surface area (Å²) in [5.74, 6) is 0.703. The number of aromatic nitrogens is 1. The van der Waals surface area contributed by atoms with Gasteiger partial charge in [0.05, 0.1) is 25.4 Å². The monoisotopic (exact) mass is 373 g/mol. The summed E-state index contributed by atoms with van der Waals surface area (Å²) >= 11 is 0. The maximum absolute atomic E-state index is 12.5. The summed E-state index contributed by atoms with van der Waals surface area (Å²) in [5.41, 5.74) is 1.40. The number of methoxy groups -OCH3 is 2. The molecule has 3 rings (SSSR count). The molecule has 7 nitrogen and oxygen atoms in total. The second kappa shape index (κ2) is 8.43. The fourth-order valence-corrected chi connectivity index (χ4v) is 3.64. The Morgan fingerprint density at radius 3 is 2.85 bits per heavy atom. The Kier molecular flexibility index (Phi) is 6.01. The van der Waals surface area contributed by atoms with Gasteiger partial charge in [0.2, 0.25) is 5.91 Å². The summed E-state index contributed by atoms with van der Waals surface area (Å²) in [7, 11) is 2.90. The lowest BCUT2D eigenvalue weighted by molar-refractivity contribution is -0.116. The number of carbonyl (C=O) groups excluding carboxylic acids is 2. The number of likely N-dealkylation sites (tertiary alicyclic amines) is 1. The largest absolute Gasteiger partial charge is 0.497 e. The van der Waals surface area contributed by atoms with Gasteiger partial charge in [-0.25, -0.2) is 4.79 Å². The summed E-state index contributed by atoms with van der Waals surface area (Å²) in [6.45, 7) is 5.04. The number of rotatable bonds is 6. The first-order chi connectivity index (χ1) is 13.0. The molecule has 1 saturated heterocycles. The van der Waals surface area contributed by atoms with Crippen molar-refractivity contribution in [1.29, 1.82) is 0 Å². The first-order valence-electron chi connectivity index (χ1n) is 9.32. The maximum Gasteiger partial charge on any atom is 0.356 e. The van der Waals surface area contributed by atoms with E-state index in [-0.39, 0.29) is 11.6 Å². The van der Waals surface area contributed by atoms with E-state index in [1.165, 1.54) is 20.0 Å². The van der Waals surface area contributed by atoms with Gasteiger partial charge in [-0.3, -0.25) is 4.79 Å². The van der Waals surface area contributed by atoms with Crippen molar-refractivity contribution < 1.29 is 19.1 Å². The average Bonchev–Trinajstić information content (AvgIpc) is 3.03. The molecule has 1 fully saturated rings. The predicted octanol–water partition coefficient (Wildman–Crippen LogP) is 3.02. The number of nitrogens with one attached hydrogen (secondary N) is 2. The highest BCUT2D eigenvalue weighted by atomic mass is 16.5. The van der Waals surface area contributed by atoms with Crippen molar-refractivity contribution in [2.75, 3.05) is 39.2 Å². The molecule has 2 aromatic rings. The molecule has 1 aliphatic rings. The third-order valence-corrected chi connectivity index (χ3v) is 5.06. The van der Waals surface area contributed by atoms with Crippen LogP contribution in [-0.4, -0.2) is 55.6 Å². The van der Waals surface area contributed by atoms with Crippen LogP contribution in [0.5, 0.6) is 5.75 Å². The van der Waals surface area contributed by atoms with E-state index in [2.05, 4.69) is 22.1 Å². The molecule has 0 radical (unpaired) electrons. The standard InChI is InChI=1S/C20H27N3O4/c1-13-5-4-9-23(12-13)10-8-17(24)22-18-15-7-6-14(26-2)11-16(15)21-19(18)20(25)27-3/h6-7,11,13,21H,4-5,8-10,12H2,1-3H3,(H,22,24). The van der Waals surface area contributed by atoms with E-state index in [1.807, 2.05) is 6.07 Å². The summed E-state index contributed by atoms with van der Waals surface area (Å²) < 4.78 is 10.1. The summed E-state index contributed by atoms with van der Waals surface area (Å²) in [6.07, 6.45) is 2.82. The summed E-state index contributed by atoms with van der Waals surface area (Å²) in [5, 5.41) is 3.64. The lowest BCUT2D eigenvalue weighted by atomic mass is 10.0. The zero-order valence-corrected chi connectivity index (χ0v) is 16.1. The van der Waals surface area contributed by atoms with Gasteiger partial charge in [0.1, 0.15) is 11.4 Å². The number of carbonyl (C=O) groups is 2. The van der Waals surface area contributed by atoms with Gasteiger partial charge in [0.15, 0.2) is 0 Å². The number of benzene rings is 1. The quantitative estimate of drug-likeness (QED) is 0.761. The molecule has 0 bridgehead atoms. The number of hydrogen-bond donors (Lipinski definition) is 2. The van der Waals surface area contributed by atoms with Gasteiger partial charge in [0.25, 0.3) is 0 Å². The van der Waals surface area contributed by atoms with Gasteiger partial charge in [-0.05, 0) is 37.4 Å². The summed E-state index contributed by atoms with van der Waals surface area (Å²) in [6, 6.07) is 5.40. The number of fused-ring (bicyclic) bond motifs is 1. The van der Waals surface area contributed by atoms with E-state index >= 15 is 0 Å². The number of anilines is 1. The van der Waals surface area contributed by atoms with Crippen LogP contribution in [0.3, 0.4) is 0 Å². The molecule has 7 heteroatoms. The van der Waals surface area contributed by atoms with E-state index in [4.69, 9.17) is 9.47 Å². The molecule has 27 heavy (non-hydrogen) atoms. The van der Waals surface area contributed by atoms with Crippen molar-refractivity contribution in [2.45, 2.75) is 26.2 Å². The molecular formula is C20H27N3O4. The number of amides is 1. The van der Waals surface area contributed by atoms with Crippen molar-refractivity contribution in [3.8, 4) is 5.75 Å². The van der Waals surface area contributed by atoms with Crippen LogP contribution < -0.4 is 10.1 Å². The lowest BCUT2D eigenvalue weighted by Crippen LogP contribution is -2.36. The lowest BCUT2D eigenvalue weighted by Gasteiger charge is -2.30. The van der Waals surface area contributed by atoms with Gasteiger partial charge in [-0.15, -0.1) is 0 Å². The van der Waals surface area contributed by atoms with Crippen LogP contribution in [0.15, 0.2) is 18.2 Å². The van der Waals surface area contributed by atoms with Crippen molar-refractivity contribution in [2.24, 2.45) is 5.92 Å². The predicted molar refractivity (Wildman–Crippen MR) is 104 cm³/mol. The zero-order valence-electron chi connectivity index (χ0n) is 16.1. The smallest absolute Gasteiger partial charge is 0.356 e. The third-order valence-electron chi connectivity index (χ3n) is 5.06. The van der Waals surface area contributed by atoms with E-state index in [0.29, 0.717) is 29.3 Å². The fraction of sp³-hybridized carbons (Fsp3) is 0.500. The normalized spacial score (nSPS) is 17.7. The number of hydrogen-bond acceptors (Lipinski definition) is 5. The molecule has 146 valence electrons. The number of aromatic amines is 1. The van der Waals surface area contributed by atoms with Crippen LogP contribution >= 0.6 is 0 Å². The van der Waals surface area contributed by atoms with E-state index in [0.717, 1.165) is 25.0 Å². The average molecular weight is 373 g/mol. The van der Waals surface area contributed by atoms with Gasteiger partial charge < -0.3 is 24.7 Å². The van der Waals surface area contributed by atoms with Crippen molar-refractivity contribution in [3.63, 3.8) is 0 Å². The van der Waals surface area contributed by atoms with Crippen molar-refractivity contribution in [1.82, 2.24) is 9.88 Å². The fourth-order valence-electron chi connectivity index (χ4n) is 3.64. The highest BCUT2D eigenvalue weighted by Gasteiger charge is 2.22.